The Kier molecular flexibility index (Phi) is 2.15. The van der Waals surface area contributed by atoms with Crippen LogP contribution in [0, 0.1) is 35.0 Å². The molecule has 2 heterocycles. The molecule has 0 aromatic carbocycles. The van der Waals surface area contributed by atoms with Gasteiger partial charge < -0.3 is 14.6 Å². The van der Waals surface area contributed by atoms with E-state index in [0.717, 1.165) is 19.1 Å². The normalized spacial score (nSPS) is 61.5. The van der Waals surface area contributed by atoms with Crippen molar-refractivity contribution in [2.45, 2.75) is 45.5 Å². The van der Waals surface area contributed by atoms with E-state index in [1.165, 1.54) is 12.8 Å². The highest BCUT2D eigenvalue weighted by atomic mass is 16.6. The van der Waals surface area contributed by atoms with Crippen molar-refractivity contribution in [2.75, 3.05) is 13.2 Å². The summed E-state index contributed by atoms with van der Waals surface area (Å²) < 4.78 is 11.6. The zero-order valence-electron chi connectivity index (χ0n) is 11.6. The average molecular weight is 252 g/mol. The van der Waals surface area contributed by atoms with Crippen LogP contribution < -0.4 is 0 Å². The molecule has 7 atom stereocenters. The molecule has 3 nitrogen and oxygen atoms in total. The van der Waals surface area contributed by atoms with E-state index in [4.69, 9.17) is 9.47 Å². The molecule has 2 aliphatic heterocycles. The Morgan fingerprint density at radius 2 is 2.06 bits per heavy atom. The van der Waals surface area contributed by atoms with Crippen LogP contribution in [-0.2, 0) is 9.47 Å². The lowest BCUT2D eigenvalue weighted by Crippen LogP contribution is -2.46. The number of epoxide rings is 1. The van der Waals surface area contributed by atoms with Gasteiger partial charge in [0.2, 0.25) is 0 Å². The minimum absolute atomic E-state index is 0.0537. The second-order valence-electron chi connectivity index (χ2n) is 7.48. The summed E-state index contributed by atoms with van der Waals surface area (Å²) in [5.74, 6) is 2.85. The Balaban J connectivity index is 1.82. The van der Waals surface area contributed by atoms with Crippen LogP contribution in [0.3, 0.4) is 0 Å². The van der Waals surface area contributed by atoms with Crippen molar-refractivity contribution in [3.05, 3.63) is 0 Å². The van der Waals surface area contributed by atoms with Crippen molar-refractivity contribution in [3.8, 4) is 0 Å². The molecule has 7 unspecified atom stereocenters. The minimum atomic E-state index is -0.602. The van der Waals surface area contributed by atoms with Gasteiger partial charge >= 0.3 is 0 Å². The summed E-state index contributed by atoms with van der Waals surface area (Å²) in [5, 5.41) is 10.3. The Bertz CT molecular complexity index is 376. The van der Waals surface area contributed by atoms with Gasteiger partial charge in [-0.15, -0.1) is 0 Å². The molecule has 102 valence electrons. The first-order valence-corrected chi connectivity index (χ1v) is 7.45. The van der Waals surface area contributed by atoms with Crippen LogP contribution in [0.5, 0.6) is 0 Å². The summed E-state index contributed by atoms with van der Waals surface area (Å²) in [4.78, 5) is 0. The maximum atomic E-state index is 10.3. The smallest absolute Gasteiger partial charge is 0.160 e. The largest absolute Gasteiger partial charge is 0.368 e. The summed E-state index contributed by atoms with van der Waals surface area (Å²) in [7, 11) is 0. The van der Waals surface area contributed by atoms with E-state index in [0.29, 0.717) is 17.8 Å². The molecule has 4 fully saturated rings. The highest BCUT2D eigenvalue weighted by Crippen LogP contribution is 2.73. The van der Waals surface area contributed by atoms with E-state index in [1.54, 1.807) is 0 Å². The van der Waals surface area contributed by atoms with Crippen LogP contribution in [0.25, 0.3) is 0 Å². The molecular formula is C15H24O3. The van der Waals surface area contributed by atoms with Gasteiger partial charge in [-0.2, -0.15) is 0 Å². The summed E-state index contributed by atoms with van der Waals surface area (Å²) in [6.07, 6.45) is 1.93. The quantitative estimate of drug-likeness (QED) is 0.726. The third-order valence-corrected chi connectivity index (χ3v) is 6.76. The lowest BCUT2D eigenvalue weighted by molar-refractivity contribution is -0.199. The predicted octanol–water partition coefficient (Wildman–Crippen LogP) is 2.04. The third kappa shape index (κ3) is 1.09. The Hall–Kier alpha value is -0.120. The van der Waals surface area contributed by atoms with E-state index >= 15 is 0 Å². The van der Waals surface area contributed by atoms with Gasteiger partial charge in [0.25, 0.3) is 0 Å². The average Bonchev–Trinajstić information content (AvgIpc) is 3.08. The summed E-state index contributed by atoms with van der Waals surface area (Å²) >= 11 is 0. The first-order valence-electron chi connectivity index (χ1n) is 7.45. The zero-order chi connectivity index (χ0) is 12.7. The molecule has 4 aliphatic rings. The molecule has 0 amide bonds. The molecule has 4 bridgehead atoms. The number of fused-ring (bicyclic) bond motifs is 2. The molecule has 0 radical (unpaired) electrons. The Morgan fingerprint density at radius 1 is 1.33 bits per heavy atom. The predicted molar refractivity (Wildman–Crippen MR) is 66.8 cm³/mol. The maximum absolute atomic E-state index is 10.3. The standard InChI is InChI=1S/C15H24O3/c1-8(2)9-4-5-14(3)10-6-17-13(16)12(11(9)10)15(14)7-18-15/h8-13,16H,4-7H2,1-3H3. The molecule has 1 spiro atoms. The first kappa shape index (κ1) is 11.7. The molecule has 4 rings (SSSR count). The maximum Gasteiger partial charge on any atom is 0.160 e. The minimum Gasteiger partial charge on any atom is -0.368 e. The van der Waals surface area contributed by atoms with Gasteiger partial charge in [0, 0.05) is 11.3 Å². The molecule has 1 N–H and O–H groups in total. The number of rotatable bonds is 1. The van der Waals surface area contributed by atoms with Crippen LogP contribution in [0.2, 0.25) is 0 Å². The summed E-state index contributed by atoms with van der Waals surface area (Å²) in [6, 6.07) is 0. The van der Waals surface area contributed by atoms with Crippen LogP contribution in [0.15, 0.2) is 0 Å². The van der Waals surface area contributed by atoms with Crippen molar-refractivity contribution in [1.82, 2.24) is 0 Å². The fraction of sp³-hybridized carbons (Fsp3) is 1.00. The first-order chi connectivity index (χ1) is 8.51. The van der Waals surface area contributed by atoms with Crippen LogP contribution in [-0.4, -0.2) is 30.2 Å². The fourth-order valence-electron chi connectivity index (χ4n) is 5.70. The zero-order valence-corrected chi connectivity index (χ0v) is 11.6. The van der Waals surface area contributed by atoms with Gasteiger partial charge in [0.05, 0.1) is 13.2 Å². The van der Waals surface area contributed by atoms with E-state index in [-0.39, 0.29) is 16.9 Å². The van der Waals surface area contributed by atoms with Gasteiger partial charge in [-0.1, -0.05) is 20.8 Å². The number of hydrogen-bond donors (Lipinski definition) is 1. The summed E-state index contributed by atoms with van der Waals surface area (Å²) in [6.45, 7) is 8.61. The topological polar surface area (TPSA) is 42.0 Å². The van der Waals surface area contributed by atoms with Crippen LogP contribution in [0.4, 0.5) is 0 Å². The number of aliphatic hydroxyl groups is 1. The summed E-state index contributed by atoms with van der Waals surface area (Å²) in [5.41, 5.74) is 0.188. The highest BCUT2D eigenvalue weighted by Gasteiger charge is 2.79. The van der Waals surface area contributed by atoms with E-state index in [2.05, 4.69) is 20.8 Å². The molecule has 18 heavy (non-hydrogen) atoms. The van der Waals surface area contributed by atoms with Gasteiger partial charge in [0.15, 0.2) is 6.29 Å². The molecular weight excluding hydrogens is 228 g/mol. The van der Waals surface area contributed by atoms with Crippen molar-refractivity contribution in [2.24, 2.45) is 35.0 Å². The third-order valence-electron chi connectivity index (χ3n) is 6.76. The molecule has 0 aromatic rings. The SMILES string of the molecule is CC(C)C1CCC2(C)C3COC(O)C(C13)C21CO1. The van der Waals surface area contributed by atoms with Gasteiger partial charge in [-0.05, 0) is 36.5 Å². The van der Waals surface area contributed by atoms with Crippen LogP contribution in [0.1, 0.15) is 33.6 Å². The molecule has 2 saturated carbocycles. The van der Waals surface area contributed by atoms with Gasteiger partial charge in [-0.3, -0.25) is 0 Å². The second kappa shape index (κ2) is 3.31. The van der Waals surface area contributed by atoms with E-state index in [1.807, 2.05) is 0 Å². The molecule has 0 aromatic heterocycles. The van der Waals surface area contributed by atoms with Crippen LogP contribution >= 0.6 is 0 Å². The van der Waals surface area contributed by atoms with Crippen molar-refractivity contribution in [1.29, 1.82) is 0 Å². The Labute approximate surface area is 109 Å². The molecule has 2 saturated heterocycles. The lowest BCUT2D eigenvalue weighted by Gasteiger charge is -2.46. The molecule has 3 heteroatoms. The van der Waals surface area contributed by atoms with E-state index in [9.17, 15) is 5.11 Å². The number of aliphatic hydroxyl groups excluding tert-OH is 1. The second-order valence-corrected chi connectivity index (χ2v) is 7.48. The van der Waals surface area contributed by atoms with Gasteiger partial charge in [0.1, 0.15) is 5.60 Å². The van der Waals surface area contributed by atoms with Crippen molar-refractivity contribution >= 4 is 0 Å². The van der Waals surface area contributed by atoms with E-state index < -0.39 is 6.29 Å². The number of hydrogen-bond acceptors (Lipinski definition) is 3. The fourth-order valence-corrected chi connectivity index (χ4v) is 5.70. The molecule has 2 aliphatic carbocycles. The lowest BCUT2D eigenvalue weighted by atomic mass is 9.60. The number of ether oxygens (including phenoxy) is 2. The van der Waals surface area contributed by atoms with Crippen molar-refractivity contribution in [3.63, 3.8) is 0 Å². The van der Waals surface area contributed by atoms with Crippen molar-refractivity contribution < 1.29 is 14.6 Å². The Morgan fingerprint density at radius 3 is 2.67 bits per heavy atom. The monoisotopic (exact) mass is 252 g/mol. The highest BCUT2D eigenvalue weighted by molar-refractivity contribution is 5.24. The van der Waals surface area contributed by atoms with Gasteiger partial charge in [-0.25, -0.2) is 0 Å².